The molecular formula is C24H42N2O2+2. The summed E-state index contributed by atoms with van der Waals surface area (Å²) in [5, 5.41) is 13.2. The van der Waals surface area contributed by atoms with Crippen molar-refractivity contribution in [1.29, 1.82) is 0 Å². The second kappa shape index (κ2) is 23.1. The molecule has 1 aliphatic rings. The Hall–Kier alpha value is -1.91. The van der Waals surface area contributed by atoms with Crippen LogP contribution in [0, 0.1) is 0 Å². The van der Waals surface area contributed by atoms with Gasteiger partial charge < -0.3 is 15.7 Å². The Kier molecular flexibility index (Phi) is 21.6. The molecule has 28 heavy (non-hydrogen) atoms. The summed E-state index contributed by atoms with van der Waals surface area (Å²) in [7, 11) is 0. The maximum Gasteiger partial charge on any atom is 0.303 e. The third-order valence-electron chi connectivity index (χ3n) is 4.07. The minimum absolute atomic E-state index is 0.258. The van der Waals surface area contributed by atoms with Crippen molar-refractivity contribution in [3.63, 3.8) is 0 Å². The van der Waals surface area contributed by atoms with E-state index in [9.17, 15) is 4.79 Å². The Balaban J connectivity index is 0.00000102. The monoisotopic (exact) mass is 390 g/mol. The largest absolute Gasteiger partial charge is 0.481 e. The van der Waals surface area contributed by atoms with Crippen LogP contribution >= 0.6 is 0 Å². The molecule has 1 aliphatic heterocycles. The third kappa shape index (κ3) is 24.1. The Labute approximate surface area is 172 Å². The highest BCUT2D eigenvalue weighted by atomic mass is 16.4. The van der Waals surface area contributed by atoms with Gasteiger partial charge in [-0.3, -0.25) is 4.79 Å². The number of unbranched alkanes of at least 4 members (excludes halogenated alkanes) is 1. The molecule has 0 atom stereocenters. The van der Waals surface area contributed by atoms with Crippen LogP contribution in [0.5, 0.6) is 0 Å². The van der Waals surface area contributed by atoms with Crippen LogP contribution in [0.15, 0.2) is 60.8 Å². The van der Waals surface area contributed by atoms with E-state index in [1.807, 2.05) is 0 Å². The molecule has 0 amide bonds. The lowest BCUT2D eigenvalue weighted by Crippen LogP contribution is -3.04. The highest BCUT2D eigenvalue weighted by molar-refractivity contribution is 5.66. The zero-order chi connectivity index (χ0) is 20.5. The number of aliphatic carboxylic acids is 1. The molecule has 0 saturated carbocycles. The lowest BCUT2D eigenvalue weighted by molar-refractivity contribution is -0.787. The summed E-state index contributed by atoms with van der Waals surface area (Å²) in [6.45, 7) is 7.42. The number of rotatable bonds is 13. The number of carbonyl (C=O) groups is 1. The van der Waals surface area contributed by atoms with E-state index in [0.29, 0.717) is 0 Å². The zero-order valence-electron chi connectivity index (χ0n) is 17.8. The number of hydrogen-bond acceptors (Lipinski definition) is 1. The SMILES string of the molecule is C1C[NH2+]CC[NH2+]1.CC/C=C\C/C=C\C/C=C\C/C=C\C/C=C\CCCC(=O)O. The molecule has 0 aromatic rings. The van der Waals surface area contributed by atoms with E-state index < -0.39 is 5.97 Å². The topological polar surface area (TPSA) is 70.5 Å². The number of quaternary nitrogens is 2. The number of nitrogens with two attached hydrogens (primary N) is 2. The molecule has 0 aromatic heterocycles. The van der Waals surface area contributed by atoms with Crippen LogP contribution in [0.4, 0.5) is 0 Å². The molecule has 0 spiro atoms. The zero-order valence-corrected chi connectivity index (χ0v) is 17.8. The number of hydrogen-bond donors (Lipinski definition) is 3. The van der Waals surface area contributed by atoms with Gasteiger partial charge in [-0.1, -0.05) is 67.7 Å². The Morgan fingerprint density at radius 3 is 1.46 bits per heavy atom. The number of allylic oxidation sites excluding steroid dienone is 10. The first kappa shape index (κ1) is 26.1. The molecule has 0 unspecified atom stereocenters. The van der Waals surface area contributed by atoms with Gasteiger partial charge in [-0.25, -0.2) is 0 Å². The first-order chi connectivity index (χ1) is 13.8. The standard InChI is InChI=1S/C20H30O2.C4H10N2/c1-2-3-4-5-6-7-8-9-10-11-12-13-14-15-16-17-18-19-20(21)22;1-2-6-4-3-5-1/h3-4,6-7,9-10,12-13,15-16H,2,5,8,11,14,17-19H2,1H3,(H,21,22);5-6H,1-4H2/p+2/b4-3-,7-6-,10-9-,13-12-,16-15-;. The van der Waals surface area contributed by atoms with Crippen molar-refractivity contribution < 1.29 is 20.5 Å². The molecule has 158 valence electrons. The third-order valence-corrected chi connectivity index (χ3v) is 4.07. The predicted octanol–water partition coefficient (Wildman–Crippen LogP) is 3.12. The van der Waals surface area contributed by atoms with Crippen LogP contribution < -0.4 is 10.6 Å². The van der Waals surface area contributed by atoms with Crippen LogP contribution in [-0.2, 0) is 4.79 Å². The summed E-state index contributed by atoms with van der Waals surface area (Å²) in [5.74, 6) is -0.715. The van der Waals surface area contributed by atoms with Crippen LogP contribution in [0.25, 0.3) is 0 Å². The van der Waals surface area contributed by atoms with Gasteiger partial charge in [0, 0.05) is 6.42 Å². The summed E-state index contributed by atoms with van der Waals surface area (Å²) in [5.41, 5.74) is 0. The molecule has 4 heteroatoms. The Bertz CT molecular complexity index is 475. The molecule has 0 aromatic carbocycles. The van der Waals surface area contributed by atoms with Gasteiger partial charge in [0.15, 0.2) is 0 Å². The van der Waals surface area contributed by atoms with Crippen molar-refractivity contribution in [3.8, 4) is 0 Å². The summed E-state index contributed by atoms with van der Waals surface area (Å²) >= 11 is 0. The lowest BCUT2D eigenvalue weighted by Gasteiger charge is -2.04. The predicted molar refractivity (Wildman–Crippen MR) is 119 cm³/mol. The molecule has 5 N–H and O–H groups in total. The van der Waals surface area contributed by atoms with Crippen molar-refractivity contribution in [3.05, 3.63) is 60.8 Å². The maximum absolute atomic E-state index is 10.3. The van der Waals surface area contributed by atoms with Gasteiger partial charge in [0.25, 0.3) is 0 Å². The molecule has 1 saturated heterocycles. The van der Waals surface area contributed by atoms with E-state index in [0.717, 1.165) is 44.9 Å². The highest BCUT2D eigenvalue weighted by Crippen LogP contribution is 1.99. The smallest absolute Gasteiger partial charge is 0.303 e. The van der Waals surface area contributed by atoms with Crippen LogP contribution in [-0.4, -0.2) is 37.3 Å². The second-order valence-electron chi connectivity index (χ2n) is 6.73. The summed E-state index contributed by atoms with van der Waals surface area (Å²) in [6.07, 6.45) is 28.4. The molecule has 0 radical (unpaired) electrons. The normalized spacial score (nSPS) is 15.2. The van der Waals surface area contributed by atoms with Crippen LogP contribution in [0.1, 0.15) is 58.3 Å². The van der Waals surface area contributed by atoms with Gasteiger partial charge in [-0.05, 0) is 44.9 Å². The average Bonchev–Trinajstić information content (AvgIpc) is 2.72. The van der Waals surface area contributed by atoms with E-state index in [-0.39, 0.29) is 6.42 Å². The van der Waals surface area contributed by atoms with Crippen molar-refractivity contribution >= 4 is 5.97 Å². The molecular weight excluding hydrogens is 348 g/mol. The summed E-state index contributed by atoms with van der Waals surface area (Å²) < 4.78 is 0. The second-order valence-corrected chi connectivity index (χ2v) is 6.73. The summed E-state index contributed by atoms with van der Waals surface area (Å²) in [4.78, 5) is 10.3. The van der Waals surface area contributed by atoms with E-state index in [4.69, 9.17) is 5.11 Å². The number of piperazine rings is 1. The number of carboxylic acid groups (broad SMARTS) is 1. The molecule has 4 nitrogen and oxygen atoms in total. The minimum atomic E-state index is -0.715. The molecule has 1 fully saturated rings. The van der Waals surface area contributed by atoms with Gasteiger partial charge in [-0.2, -0.15) is 0 Å². The van der Waals surface area contributed by atoms with E-state index >= 15 is 0 Å². The van der Waals surface area contributed by atoms with Crippen molar-refractivity contribution in [2.45, 2.75) is 58.3 Å². The van der Waals surface area contributed by atoms with Gasteiger partial charge in [-0.15, -0.1) is 0 Å². The fourth-order valence-corrected chi connectivity index (χ4v) is 2.50. The first-order valence-corrected chi connectivity index (χ1v) is 10.9. The Morgan fingerprint density at radius 1 is 0.714 bits per heavy atom. The van der Waals surface area contributed by atoms with E-state index in [1.54, 1.807) is 0 Å². The number of carboxylic acids is 1. The van der Waals surface area contributed by atoms with Crippen LogP contribution in [0.2, 0.25) is 0 Å². The average molecular weight is 391 g/mol. The fraction of sp³-hybridized carbons (Fsp3) is 0.542. The van der Waals surface area contributed by atoms with Gasteiger partial charge in [0.05, 0.1) is 0 Å². The fourth-order valence-electron chi connectivity index (χ4n) is 2.50. The van der Waals surface area contributed by atoms with Crippen LogP contribution in [0.3, 0.4) is 0 Å². The molecule has 1 heterocycles. The first-order valence-electron chi connectivity index (χ1n) is 10.9. The Morgan fingerprint density at radius 2 is 1.11 bits per heavy atom. The summed E-state index contributed by atoms with van der Waals surface area (Å²) in [6, 6.07) is 0. The van der Waals surface area contributed by atoms with Gasteiger partial charge in [0.1, 0.15) is 26.2 Å². The van der Waals surface area contributed by atoms with Crippen molar-refractivity contribution in [1.82, 2.24) is 0 Å². The lowest BCUT2D eigenvalue weighted by atomic mass is 10.2. The maximum atomic E-state index is 10.3. The minimum Gasteiger partial charge on any atom is -0.481 e. The van der Waals surface area contributed by atoms with Crippen molar-refractivity contribution in [2.24, 2.45) is 0 Å². The van der Waals surface area contributed by atoms with E-state index in [2.05, 4.69) is 78.3 Å². The van der Waals surface area contributed by atoms with Crippen molar-refractivity contribution in [2.75, 3.05) is 26.2 Å². The highest BCUT2D eigenvalue weighted by Gasteiger charge is 1.99. The molecule has 1 rings (SSSR count). The van der Waals surface area contributed by atoms with E-state index in [1.165, 1.54) is 26.2 Å². The molecule has 0 aliphatic carbocycles. The van der Waals surface area contributed by atoms with Gasteiger partial charge in [0.2, 0.25) is 0 Å². The quantitative estimate of drug-likeness (QED) is 0.334. The molecule has 0 bridgehead atoms. The van der Waals surface area contributed by atoms with Gasteiger partial charge >= 0.3 is 5.97 Å².